The van der Waals surface area contributed by atoms with Gasteiger partial charge in [-0.05, 0) is 117 Å². The molecule has 0 atom stereocenters. The van der Waals surface area contributed by atoms with Crippen molar-refractivity contribution >= 4 is 70.4 Å². The molecule has 4 heteroatoms. The highest BCUT2D eigenvalue weighted by molar-refractivity contribution is 7.26. The van der Waals surface area contributed by atoms with E-state index in [1.54, 1.807) is 11.3 Å². The van der Waals surface area contributed by atoms with Gasteiger partial charge in [0.1, 0.15) is 5.52 Å². The quantitative estimate of drug-likeness (QED) is 0.163. The lowest BCUT2D eigenvalue weighted by molar-refractivity contribution is 0.620. The van der Waals surface area contributed by atoms with Gasteiger partial charge in [0, 0.05) is 42.8 Å². The largest absolute Gasteiger partial charge is 0.436 e. The van der Waals surface area contributed by atoms with E-state index in [-0.39, 0.29) is 0 Å². The Morgan fingerprint density at radius 1 is 0.404 bits per heavy atom. The Bertz CT molecular complexity index is 3210. The van der Waals surface area contributed by atoms with E-state index in [1.807, 2.05) is 30.3 Å². The summed E-state index contributed by atoms with van der Waals surface area (Å²) in [4.78, 5) is 7.20. The fraction of sp³-hybridized carbons (Fsp3) is 0. The van der Waals surface area contributed by atoms with E-state index in [0.29, 0.717) is 5.89 Å². The molecule has 0 aliphatic heterocycles. The lowest BCUT2D eigenvalue weighted by atomic mass is 9.98. The average molecular weight is 747 g/mol. The molecule has 2 aromatic heterocycles. The number of aromatic nitrogens is 1. The first-order chi connectivity index (χ1) is 28.2. The second-order valence-electron chi connectivity index (χ2n) is 14.4. The van der Waals surface area contributed by atoms with E-state index in [2.05, 4.69) is 181 Å². The number of hydrogen-bond donors (Lipinski definition) is 0. The van der Waals surface area contributed by atoms with E-state index in [4.69, 9.17) is 9.40 Å². The van der Waals surface area contributed by atoms with Gasteiger partial charge in [0.2, 0.25) is 5.89 Å². The number of thiophene rings is 1. The normalized spacial score (nSPS) is 11.5. The predicted octanol–water partition coefficient (Wildman–Crippen LogP) is 15.5. The topological polar surface area (TPSA) is 29.3 Å². The summed E-state index contributed by atoms with van der Waals surface area (Å²) in [6.45, 7) is 0. The number of fused-ring (bicyclic) bond motifs is 5. The summed E-state index contributed by atoms with van der Waals surface area (Å²) in [6.07, 6.45) is 0. The molecule has 0 amide bonds. The minimum Gasteiger partial charge on any atom is -0.436 e. The van der Waals surface area contributed by atoms with Gasteiger partial charge in [-0.15, -0.1) is 11.3 Å². The van der Waals surface area contributed by atoms with Gasteiger partial charge in [0.15, 0.2) is 5.58 Å². The van der Waals surface area contributed by atoms with Crippen LogP contribution in [0.2, 0.25) is 0 Å². The van der Waals surface area contributed by atoms with Crippen molar-refractivity contribution in [3.8, 4) is 44.8 Å². The van der Waals surface area contributed by atoms with Crippen LogP contribution in [0.15, 0.2) is 211 Å². The minimum absolute atomic E-state index is 0.644. The molecule has 0 spiro atoms. The van der Waals surface area contributed by atoms with Gasteiger partial charge in [-0.3, -0.25) is 0 Å². The van der Waals surface area contributed by atoms with Crippen molar-refractivity contribution in [1.82, 2.24) is 4.98 Å². The highest BCUT2D eigenvalue weighted by Gasteiger charge is 2.18. The molecular weight excluding hydrogens is 713 g/mol. The standard InChI is InChI=1S/C53H34N2OS/c1-4-11-35(12-5-1)37-21-26-43(27-22-37)55(45-30-25-41-31-40(19-20-42(41)32-45)36-13-6-2-7-14-36)44-28-23-38(24-29-44)46-17-10-18-50-52(46)47-33-49-48(34-51(47)57-50)54-53(56-49)39-15-8-3-9-16-39/h1-34H. The van der Waals surface area contributed by atoms with Gasteiger partial charge < -0.3 is 9.32 Å². The SMILES string of the molecule is c1ccc(-c2ccc(N(c3ccc(-c4cccc5sc6cc7nc(-c8ccccc8)oc7cc6c45)cc3)c3ccc4cc(-c5ccccc5)ccc4c3)cc2)cc1. The number of benzene rings is 9. The van der Waals surface area contributed by atoms with Gasteiger partial charge in [0.05, 0.1) is 0 Å². The van der Waals surface area contributed by atoms with Crippen molar-refractivity contribution in [3.05, 3.63) is 206 Å². The van der Waals surface area contributed by atoms with Crippen LogP contribution in [0.1, 0.15) is 0 Å². The number of hydrogen-bond acceptors (Lipinski definition) is 4. The Kier molecular flexibility index (Phi) is 8.01. The maximum atomic E-state index is 6.33. The van der Waals surface area contributed by atoms with Crippen molar-refractivity contribution in [3.63, 3.8) is 0 Å². The fourth-order valence-electron chi connectivity index (χ4n) is 8.04. The van der Waals surface area contributed by atoms with E-state index in [9.17, 15) is 0 Å². The van der Waals surface area contributed by atoms with E-state index in [1.165, 1.54) is 58.8 Å². The van der Waals surface area contributed by atoms with Crippen LogP contribution in [0, 0.1) is 0 Å². The second kappa shape index (κ2) is 13.8. The van der Waals surface area contributed by atoms with Crippen LogP contribution >= 0.6 is 11.3 Å². The van der Waals surface area contributed by atoms with Crippen molar-refractivity contribution in [2.24, 2.45) is 0 Å². The molecule has 0 radical (unpaired) electrons. The minimum atomic E-state index is 0.644. The zero-order chi connectivity index (χ0) is 37.7. The van der Waals surface area contributed by atoms with Crippen LogP contribution in [0.4, 0.5) is 17.1 Å². The summed E-state index contributed by atoms with van der Waals surface area (Å²) in [7, 11) is 0. The van der Waals surface area contributed by atoms with Crippen molar-refractivity contribution in [2.45, 2.75) is 0 Å². The molecule has 0 N–H and O–H groups in total. The molecule has 2 heterocycles. The first-order valence-corrected chi connectivity index (χ1v) is 20.0. The highest BCUT2D eigenvalue weighted by atomic mass is 32.1. The van der Waals surface area contributed by atoms with Gasteiger partial charge >= 0.3 is 0 Å². The number of rotatable bonds is 7. The first-order valence-electron chi connectivity index (χ1n) is 19.2. The Hall–Kier alpha value is -7.27. The number of nitrogens with zero attached hydrogens (tertiary/aromatic N) is 2. The summed E-state index contributed by atoms with van der Waals surface area (Å²) >= 11 is 1.80. The molecule has 3 nitrogen and oxygen atoms in total. The summed E-state index contributed by atoms with van der Waals surface area (Å²) in [6, 6.07) is 73.6. The highest BCUT2D eigenvalue weighted by Crippen LogP contribution is 2.44. The molecule has 0 bridgehead atoms. The first kappa shape index (κ1) is 33.1. The number of anilines is 3. The fourth-order valence-corrected chi connectivity index (χ4v) is 9.19. The van der Waals surface area contributed by atoms with Crippen LogP contribution in [0.3, 0.4) is 0 Å². The molecular formula is C53H34N2OS. The van der Waals surface area contributed by atoms with E-state index < -0.39 is 0 Å². The lowest BCUT2D eigenvalue weighted by Crippen LogP contribution is -2.09. The third-order valence-corrected chi connectivity index (χ3v) is 12.0. The van der Waals surface area contributed by atoms with Crippen molar-refractivity contribution in [1.29, 1.82) is 0 Å². The Balaban J connectivity index is 0.995. The third-order valence-electron chi connectivity index (χ3n) is 10.9. The molecule has 57 heavy (non-hydrogen) atoms. The third kappa shape index (κ3) is 6.04. The van der Waals surface area contributed by atoms with Crippen LogP contribution in [0.5, 0.6) is 0 Å². The predicted molar refractivity (Wildman–Crippen MR) is 241 cm³/mol. The van der Waals surface area contributed by atoms with Gasteiger partial charge in [-0.25, -0.2) is 4.98 Å². The Labute approximate surface area is 334 Å². The van der Waals surface area contributed by atoms with Crippen molar-refractivity contribution in [2.75, 3.05) is 4.90 Å². The Morgan fingerprint density at radius 3 is 1.67 bits per heavy atom. The molecule has 11 aromatic rings. The Morgan fingerprint density at radius 2 is 0.965 bits per heavy atom. The summed E-state index contributed by atoms with van der Waals surface area (Å²) in [5, 5.41) is 4.83. The monoisotopic (exact) mass is 746 g/mol. The molecule has 0 fully saturated rings. The van der Waals surface area contributed by atoms with E-state index in [0.717, 1.165) is 39.3 Å². The van der Waals surface area contributed by atoms with Crippen molar-refractivity contribution < 1.29 is 4.42 Å². The molecule has 0 saturated heterocycles. The van der Waals surface area contributed by atoms with E-state index >= 15 is 0 Å². The molecule has 0 aliphatic carbocycles. The van der Waals surface area contributed by atoms with Crippen LogP contribution in [0.25, 0.3) is 86.9 Å². The molecule has 0 saturated carbocycles. The van der Waals surface area contributed by atoms with Crippen LogP contribution < -0.4 is 4.90 Å². The average Bonchev–Trinajstić information content (AvgIpc) is 3.87. The second-order valence-corrected chi connectivity index (χ2v) is 15.5. The maximum absolute atomic E-state index is 6.33. The lowest BCUT2D eigenvalue weighted by Gasteiger charge is -2.26. The summed E-state index contributed by atoms with van der Waals surface area (Å²) in [5.74, 6) is 0.644. The van der Waals surface area contributed by atoms with Crippen LogP contribution in [-0.2, 0) is 0 Å². The molecule has 11 rings (SSSR count). The smallest absolute Gasteiger partial charge is 0.227 e. The van der Waals surface area contributed by atoms with Gasteiger partial charge in [0.25, 0.3) is 0 Å². The summed E-state index contributed by atoms with van der Waals surface area (Å²) in [5.41, 5.74) is 13.1. The summed E-state index contributed by atoms with van der Waals surface area (Å²) < 4.78 is 8.77. The molecule has 9 aromatic carbocycles. The molecule has 268 valence electrons. The molecule has 0 unspecified atom stereocenters. The zero-order valence-electron chi connectivity index (χ0n) is 30.8. The van der Waals surface area contributed by atoms with Gasteiger partial charge in [-0.2, -0.15) is 0 Å². The molecule has 0 aliphatic rings. The van der Waals surface area contributed by atoms with Crippen LogP contribution in [-0.4, -0.2) is 4.98 Å². The number of oxazole rings is 1. The van der Waals surface area contributed by atoms with Gasteiger partial charge in [-0.1, -0.05) is 133 Å². The maximum Gasteiger partial charge on any atom is 0.227 e. The zero-order valence-corrected chi connectivity index (χ0v) is 31.7.